The number of anilines is 2. The van der Waals surface area contributed by atoms with E-state index in [0.29, 0.717) is 16.4 Å². The van der Waals surface area contributed by atoms with Crippen LogP contribution in [0.1, 0.15) is 40.2 Å². The highest BCUT2D eigenvalue weighted by Crippen LogP contribution is 2.23. The minimum atomic E-state index is -0.943. The third-order valence-electron chi connectivity index (χ3n) is 3.49. The molecule has 0 aliphatic carbocycles. The second kappa shape index (κ2) is 8.39. The summed E-state index contributed by atoms with van der Waals surface area (Å²) in [6.45, 7) is 3.79. The predicted octanol–water partition coefficient (Wildman–Crippen LogP) is 3.21. The second-order valence-electron chi connectivity index (χ2n) is 5.46. The molecule has 8 heteroatoms. The Hall–Kier alpha value is -2.74. The van der Waals surface area contributed by atoms with Gasteiger partial charge >= 0.3 is 5.97 Å². The molecule has 3 N–H and O–H groups in total. The number of thiazole rings is 1. The molecule has 0 aliphatic rings. The van der Waals surface area contributed by atoms with E-state index in [1.807, 2.05) is 13.8 Å². The zero-order valence-corrected chi connectivity index (χ0v) is 14.8. The molecule has 1 aromatic heterocycles. The average Bonchev–Trinajstić information content (AvgIpc) is 2.85. The van der Waals surface area contributed by atoms with Gasteiger partial charge in [0.2, 0.25) is 5.91 Å². The van der Waals surface area contributed by atoms with Crippen LogP contribution >= 0.6 is 11.3 Å². The number of nitrogens with zero attached hydrogens (tertiary/aromatic N) is 1. The number of aliphatic carboxylic acids is 1. The van der Waals surface area contributed by atoms with Crippen LogP contribution in [0.2, 0.25) is 0 Å². The van der Waals surface area contributed by atoms with E-state index in [1.54, 1.807) is 24.3 Å². The van der Waals surface area contributed by atoms with E-state index in [0.717, 1.165) is 10.6 Å². The Morgan fingerprint density at radius 1 is 1.12 bits per heavy atom. The molecule has 0 atom stereocenters. The van der Waals surface area contributed by atoms with Crippen molar-refractivity contribution < 1.29 is 19.5 Å². The number of para-hydroxylation sites is 1. The number of carboxylic acids is 1. The zero-order valence-electron chi connectivity index (χ0n) is 14.0. The quantitative estimate of drug-likeness (QED) is 0.702. The first-order chi connectivity index (χ1) is 11.9. The SMILES string of the molecule is Cc1nc(NC(=O)c2ccccc2NC(=O)CCCC(=O)O)sc1C. The maximum absolute atomic E-state index is 12.5. The summed E-state index contributed by atoms with van der Waals surface area (Å²) in [5.74, 6) is -1.64. The molecule has 0 bridgehead atoms. The molecule has 25 heavy (non-hydrogen) atoms. The fourth-order valence-electron chi connectivity index (χ4n) is 2.09. The molecule has 2 rings (SSSR count). The van der Waals surface area contributed by atoms with Gasteiger partial charge in [0.05, 0.1) is 16.9 Å². The van der Waals surface area contributed by atoms with Crippen LogP contribution in [-0.4, -0.2) is 27.9 Å². The number of carboxylic acid groups (broad SMARTS) is 1. The van der Waals surface area contributed by atoms with Gasteiger partial charge in [0.25, 0.3) is 5.91 Å². The molecule has 0 unspecified atom stereocenters. The van der Waals surface area contributed by atoms with Gasteiger partial charge in [0, 0.05) is 17.7 Å². The van der Waals surface area contributed by atoms with E-state index in [-0.39, 0.29) is 31.1 Å². The predicted molar refractivity (Wildman–Crippen MR) is 96.1 cm³/mol. The van der Waals surface area contributed by atoms with Gasteiger partial charge in [-0.15, -0.1) is 11.3 Å². The second-order valence-corrected chi connectivity index (χ2v) is 6.66. The van der Waals surface area contributed by atoms with Gasteiger partial charge in [0.1, 0.15) is 0 Å². The van der Waals surface area contributed by atoms with Gasteiger partial charge in [-0.2, -0.15) is 0 Å². The molecule has 0 radical (unpaired) electrons. The summed E-state index contributed by atoms with van der Waals surface area (Å²) in [7, 11) is 0. The molecule has 0 aliphatic heterocycles. The Balaban J connectivity index is 2.05. The molecule has 0 saturated heterocycles. The van der Waals surface area contributed by atoms with E-state index < -0.39 is 5.97 Å². The maximum Gasteiger partial charge on any atom is 0.303 e. The Morgan fingerprint density at radius 2 is 1.84 bits per heavy atom. The summed E-state index contributed by atoms with van der Waals surface area (Å²) in [5.41, 5.74) is 1.56. The Labute approximate surface area is 149 Å². The van der Waals surface area contributed by atoms with E-state index in [1.165, 1.54) is 11.3 Å². The number of benzene rings is 1. The highest BCUT2D eigenvalue weighted by Gasteiger charge is 2.15. The first-order valence-electron chi connectivity index (χ1n) is 7.73. The number of hydrogen-bond acceptors (Lipinski definition) is 5. The van der Waals surface area contributed by atoms with E-state index in [4.69, 9.17) is 5.11 Å². The van der Waals surface area contributed by atoms with Gasteiger partial charge in [-0.25, -0.2) is 4.98 Å². The third kappa shape index (κ3) is 5.39. The fourth-order valence-corrected chi connectivity index (χ4v) is 2.90. The monoisotopic (exact) mass is 361 g/mol. The number of rotatable bonds is 7. The maximum atomic E-state index is 12.5. The fraction of sp³-hybridized carbons (Fsp3) is 0.294. The van der Waals surface area contributed by atoms with E-state index >= 15 is 0 Å². The van der Waals surface area contributed by atoms with Crippen molar-refractivity contribution in [3.63, 3.8) is 0 Å². The summed E-state index contributed by atoms with van der Waals surface area (Å²) < 4.78 is 0. The van der Waals surface area contributed by atoms with E-state index in [2.05, 4.69) is 15.6 Å². The molecule has 0 saturated carbocycles. The van der Waals surface area contributed by atoms with Gasteiger partial charge in [0.15, 0.2) is 5.13 Å². The molecular weight excluding hydrogens is 342 g/mol. The highest BCUT2D eigenvalue weighted by atomic mass is 32.1. The number of carbonyl (C=O) groups is 3. The topological polar surface area (TPSA) is 108 Å². The minimum Gasteiger partial charge on any atom is -0.481 e. The lowest BCUT2D eigenvalue weighted by Crippen LogP contribution is -2.18. The number of aryl methyl sites for hydroxylation is 2. The average molecular weight is 361 g/mol. The van der Waals surface area contributed by atoms with Crippen molar-refractivity contribution in [1.82, 2.24) is 4.98 Å². The lowest BCUT2D eigenvalue weighted by molar-refractivity contribution is -0.137. The molecule has 1 heterocycles. The van der Waals surface area contributed by atoms with Gasteiger partial charge in [-0.1, -0.05) is 12.1 Å². The standard InChI is InChI=1S/C17H19N3O4S/c1-10-11(2)25-17(18-10)20-16(24)12-6-3-4-7-13(12)19-14(21)8-5-9-15(22)23/h3-4,6-7H,5,8-9H2,1-2H3,(H,19,21)(H,22,23)(H,18,20,24). The van der Waals surface area contributed by atoms with Crippen LogP contribution in [0.4, 0.5) is 10.8 Å². The molecule has 7 nitrogen and oxygen atoms in total. The molecule has 2 amide bonds. The number of hydrogen-bond donors (Lipinski definition) is 3. The normalized spacial score (nSPS) is 10.3. The number of amides is 2. The zero-order chi connectivity index (χ0) is 18.4. The molecule has 0 spiro atoms. The lowest BCUT2D eigenvalue weighted by atomic mass is 10.1. The summed E-state index contributed by atoms with van der Waals surface area (Å²) in [6.07, 6.45) is 0.249. The van der Waals surface area contributed by atoms with Gasteiger partial charge in [-0.3, -0.25) is 19.7 Å². The minimum absolute atomic E-state index is 0.0711. The third-order valence-corrected chi connectivity index (χ3v) is 4.48. The molecule has 132 valence electrons. The summed E-state index contributed by atoms with van der Waals surface area (Å²) in [6, 6.07) is 6.65. The summed E-state index contributed by atoms with van der Waals surface area (Å²) >= 11 is 1.38. The van der Waals surface area contributed by atoms with Crippen molar-refractivity contribution in [2.24, 2.45) is 0 Å². The van der Waals surface area contributed by atoms with Crippen LogP contribution in [0.3, 0.4) is 0 Å². The first-order valence-corrected chi connectivity index (χ1v) is 8.54. The van der Waals surface area contributed by atoms with Crippen LogP contribution in [0.5, 0.6) is 0 Å². The van der Waals surface area contributed by atoms with Crippen molar-refractivity contribution >= 4 is 39.9 Å². The number of nitrogens with one attached hydrogen (secondary N) is 2. The number of aromatic nitrogens is 1. The van der Waals surface area contributed by atoms with Crippen LogP contribution in [0.25, 0.3) is 0 Å². The van der Waals surface area contributed by atoms with Crippen molar-refractivity contribution in [2.75, 3.05) is 10.6 Å². The Bertz CT molecular complexity index is 781. The number of carbonyl (C=O) groups excluding carboxylic acids is 2. The van der Waals surface area contributed by atoms with Crippen molar-refractivity contribution in [2.45, 2.75) is 33.1 Å². The van der Waals surface area contributed by atoms with Gasteiger partial charge < -0.3 is 10.4 Å². The molecule has 1 aromatic carbocycles. The highest BCUT2D eigenvalue weighted by molar-refractivity contribution is 7.15. The van der Waals surface area contributed by atoms with Crippen LogP contribution in [-0.2, 0) is 9.59 Å². The largest absolute Gasteiger partial charge is 0.481 e. The van der Waals surface area contributed by atoms with Crippen molar-refractivity contribution in [3.8, 4) is 0 Å². The Morgan fingerprint density at radius 3 is 2.48 bits per heavy atom. The molecule has 2 aromatic rings. The van der Waals surface area contributed by atoms with Crippen molar-refractivity contribution in [3.05, 3.63) is 40.4 Å². The summed E-state index contributed by atoms with van der Waals surface area (Å²) in [5, 5.41) is 14.5. The van der Waals surface area contributed by atoms with Gasteiger partial charge in [-0.05, 0) is 32.4 Å². The van der Waals surface area contributed by atoms with Crippen LogP contribution in [0.15, 0.2) is 24.3 Å². The molecular formula is C17H19N3O4S. The lowest BCUT2D eigenvalue weighted by Gasteiger charge is -2.10. The molecule has 0 fully saturated rings. The smallest absolute Gasteiger partial charge is 0.303 e. The van der Waals surface area contributed by atoms with Crippen LogP contribution in [0, 0.1) is 13.8 Å². The van der Waals surface area contributed by atoms with E-state index in [9.17, 15) is 14.4 Å². The van der Waals surface area contributed by atoms with Crippen LogP contribution < -0.4 is 10.6 Å². The van der Waals surface area contributed by atoms with Crippen molar-refractivity contribution in [1.29, 1.82) is 0 Å². The first kappa shape index (κ1) is 18.6. The summed E-state index contributed by atoms with van der Waals surface area (Å²) in [4.78, 5) is 40.2. The Kier molecular flexibility index (Phi) is 6.24.